The number of urea groups is 1. The minimum atomic E-state index is -0.0690. The van der Waals surface area contributed by atoms with Crippen molar-refractivity contribution in [3.8, 4) is 11.4 Å². The lowest BCUT2D eigenvalue weighted by atomic mass is 10.2. The molecule has 4 rings (SSSR count). The minimum Gasteiger partial charge on any atom is -0.319 e. The van der Waals surface area contributed by atoms with Crippen LogP contribution >= 0.6 is 11.5 Å². The van der Waals surface area contributed by atoms with Crippen molar-refractivity contribution in [2.75, 3.05) is 31.5 Å². The maximum absolute atomic E-state index is 12.4. The average Bonchev–Trinajstić information content (AvgIpc) is 3.21. The van der Waals surface area contributed by atoms with Crippen LogP contribution < -0.4 is 5.32 Å². The largest absolute Gasteiger partial charge is 0.324 e. The minimum absolute atomic E-state index is 0.0690. The molecule has 22 heavy (non-hydrogen) atoms. The number of nitrogens with one attached hydrogen (secondary N) is 1. The lowest BCUT2D eigenvalue weighted by Crippen LogP contribution is -2.50. The van der Waals surface area contributed by atoms with Crippen LogP contribution in [0.1, 0.15) is 6.42 Å². The van der Waals surface area contributed by atoms with Gasteiger partial charge in [0.05, 0.1) is 11.8 Å². The second-order valence-electron chi connectivity index (χ2n) is 5.69. The van der Waals surface area contributed by atoms with E-state index in [4.69, 9.17) is 0 Å². The van der Waals surface area contributed by atoms with Gasteiger partial charge in [0.1, 0.15) is 0 Å². The molecule has 9 heteroatoms. The molecule has 0 saturated carbocycles. The molecule has 0 aromatic carbocycles. The zero-order chi connectivity index (χ0) is 15.1. The molecular formula is C13H17N7OS. The number of aromatic nitrogens is 4. The van der Waals surface area contributed by atoms with Gasteiger partial charge in [-0.3, -0.25) is 14.9 Å². The lowest BCUT2D eigenvalue weighted by Gasteiger charge is -2.33. The number of amides is 2. The highest BCUT2D eigenvalue weighted by Crippen LogP contribution is 2.23. The first-order valence-corrected chi connectivity index (χ1v) is 8.09. The van der Waals surface area contributed by atoms with Crippen molar-refractivity contribution < 1.29 is 4.79 Å². The number of aryl methyl sites for hydroxylation is 1. The monoisotopic (exact) mass is 319 g/mol. The Bertz CT molecular complexity index is 696. The van der Waals surface area contributed by atoms with Gasteiger partial charge in [-0.05, 0) is 6.42 Å². The van der Waals surface area contributed by atoms with E-state index in [9.17, 15) is 4.79 Å². The van der Waals surface area contributed by atoms with Crippen LogP contribution in [0.15, 0.2) is 12.4 Å². The van der Waals surface area contributed by atoms with Crippen molar-refractivity contribution >= 4 is 22.7 Å². The Labute approximate surface area is 131 Å². The molecule has 2 atom stereocenters. The summed E-state index contributed by atoms with van der Waals surface area (Å²) in [4.78, 5) is 21.1. The Morgan fingerprint density at radius 2 is 2.32 bits per heavy atom. The van der Waals surface area contributed by atoms with Gasteiger partial charge in [0.15, 0.2) is 5.82 Å². The molecule has 8 nitrogen and oxygen atoms in total. The molecule has 2 aromatic rings. The molecule has 1 N–H and O–H groups in total. The van der Waals surface area contributed by atoms with E-state index in [-0.39, 0.29) is 6.03 Å². The summed E-state index contributed by atoms with van der Waals surface area (Å²) in [5, 5.41) is 7.51. The third kappa shape index (κ3) is 2.46. The number of carbonyl (C=O) groups is 1. The van der Waals surface area contributed by atoms with Crippen LogP contribution in [-0.4, -0.2) is 67.2 Å². The molecule has 2 bridgehead atoms. The average molecular weight is 319 g/mol. The highest BCUT2D eigenvalue weighted by atomic mass is 32.1. The number of hydrogen-bond acceptors (Lipinski definition) is 6. The summed E-state index contributed by atoms with van der Waals surface area (Å²) in [5.74, 6) is 0.596. The van der Waals surface area contributed by atoms with Gasteiger partial charge in [0.2, 0.25) is 5.13 Å². The van der Waals surface area contributed by atoms with E-state index in [1.807, 2.05) is 18.1 Å². The second-order valence-corrected chi connectivity index (χ2v) is 6.44. The van der Waals surface area contributed by atoms with E-state index < -0.39 is 0 Å². The van der Waals surface area contributed by atoms with Crippen molar-refractivity contribution in [1.82, 2.24) is 28.9 Å². The Kier molecular flexibility index (Phi) is 3.30. The van der Waals surface area contributed by atoms with Crippen LogP contribution in [0.3, 0.4) is 0 Å². The molecule has 116 valence electrons. The smallest absolute Gasteiger partial charge is 0.319 e. The molecular weight excluding hydrogens is 302 g/mol. The fourth-order valence-corrected chi connectivity index (χ4v) is 3.64. The normalized spacial score (nSPS) is 23.8. The summed E-state index contributed by atoms with van der Waals surface area (Å²) >= 11 is 1.20. The van der Waals surface area contributed by atoms with Gasteiger partial charge >= 0.3 is 6.03 Å². The van der Waals surface area contributed by atoms with E-state index in [1.54, 1.807) is 10.9 Å². The maximum atomic E-state index is 12.4. The van der Waals surface area contributed by atoms with Crippen LogP contribution in [0.25, 0.3) is 11.4 Å². The van der Waals surface area contributed by atoms with Gasteiger partial charge in [0.25, 0.3) is 0 Å². The zero-order valence-corrected chi connectivity index (χ0v) is 13.1. The van der Waals surface area contributed by atoms with Crippen LogP contribution in [-0.2, 0) is 7.05 Å². The maximum Gasteiger partial charge on any atom is 0.324 e. The summed E-state index contributed by atoms with van der Waals surface area (Å²) in [6.07, 6.45) is 4.63. The van der Waals surface area contributed by atoms with E-state index >= 15 is 0 Å². The van der Waals surface area contributed by atoms with Gasteiger partial charge in [0, 0.05) is 57.0 Å². The summed E-state index contributed by atoms with van der Waals surface area (Å²) < 4.78 is 5.98. The number of fused-ring (bicyclic) bond motifs is 2. The number of piperazine rings is 1. The Balaban J connectivity index is 1.45. The quantitative estimate of drug-likeness (QED) is 0.888. The van der Waals surface area contributed by atoms with Gasteiger partial charge in [-0.15, -0.1) is 0 Å². The fraction of sp³-hybridized carbons (Fsp3) is 0.538. The van der Waals surface area contributed by atoms with Crippen LogP contribution in [0.4, 0.5) is 9.93 Å². The first kappa shape index (κ1) is 13.6. The van der Waals surface area contributed by atoms with Crippen molar-refractivity contribution in [3.05, 3.63) is 12.4 Å². The SMILES string of the molecule is Cn1cc(-c2nsc(NC(=O)N3CCN4CCC3C4)n2)cn1. The predicted molar refractivity (Wildman–Crippen MR) is 82.7 cm³/mol. The van der Waals surface area contributed by atoms with Crippen molar-refractivity contribution in [2.24, 2.45) is 7.05 Å². The van der Waals surface area contributed by atoms with Crippen LogP contribution in [0.5, 0.6) is 0 Å². The van der Waals surface area contributed by atoms with E-state index in [0.717, 1.165) is 38.2 Å². The molecule has 2 unspecified atom stereocenters. The van der Waals surface area contributed by atoms with Gasteiger partial charge in [-0.1, -0.05) is 0 Å². The molecule has 2 fully saturated rings. The second kappa shape index (κ2) is 5.33. The highest BCUT2D eigenvalue weighted by molar-refractivity contribution is 7.10. The highest BCUT2D eigenvalue weighted by Gasteiger charge is 2.35. The summed E-state index contributed by atoms with van der Waals surface area (Å²) in [7, 11) is 1.85. The Morgan fingerprint density at radius 1 is 1.41 bits per heavy atom. The van der Waals surface area contributed by atoms with Crippen molar-refractivity contribution in [2.45, 2.75) is 12.5 Å². The molecule has 2 saturated heterocycles. The molecule has 0 spiro atoms. The molecule has 0 aliphatic carbocycles. The topological polar surface area (TPSA) is 79.2 Å². The number of rotatable bonds is 2. The standard InChI is InChI=1S/C13H17N7OS/c1-18-7-9(6-14-18)11-15-12(22-17-11)16-13(21)20-5-4-19-3-2-10(20)8-19/h6-7,10H,2-5,8H2,1H3,(H,15,16,17,21). The number of anilines is 1. The van der Waals surface area contributed by atoms with E-state index in [2.05, 4.69) is 24.7 Å². The zero-order valence-electron chi connectivity index (χ0n) is 12.3. The third-order valence-corrected chi connectivity index (χ3v) is 4.84. The van der Waals surface area contributed by atoms with Gasteiger partial charge in [-0.25, -0.2) is 4.79 Å². The van der Waals surface area contributed by atoms with Crippen molar-refractivity contribution in [3.63, 3.8) is 0 Å². The Hall–Kier alpha value is -2.00. The first-order valence-electron chi connectivity index (χ1n) is 7.32. The predicted octanol–water partition coefficient (Wildman–Crippen LogP) is 0.860. The van der Waals surface area contributed by atoms with Gasteiger partial charge < -0.3 is 4.90 Å². The fourth-order valence-electron chi connectivity index (χ4n) is 3.06. The van der Waals surface area contributed by atoms with Gasteiger partial charge in [-0.2, -0.15) is 14.5 Å². The molecule has 2 aliphatic rings. The Morgan fingerprint density at radius 3 is 3.14 bits per heavy atom. The van der Waals surface area contributed by atoms with Crippen LogP contribution in [0.2, 0.25) is 0 Å². The van der Waals surface area contributed by atoms with Crippen LogP contribution in [0, 0.1) is 0 Å². The lowest BCUT2D eigenvalue weighted by molar-refractivity contribution is 0.153. The summed E-state index contributed by atoms with van der Waals surface area (Å²) in [5.41, 5.74) is 0.851. The third-order valence-electron chi connectivity index (χ3n) is 4.21. The van der Waals surface area contributed by atoms with Crippen molar-refractivity contribution in [1.29, 1.82) is 0 Å². The molecule has 2 aromatic heterocycles. The molecule has 4 heterocycles. The molecule has 2 amide bonds. The summed E-state index contributed by atoms with van der Waals surface area (Å²) in [6, 6.07) is 0.264. The number of nitrogens with zero attached hydrogens (tertiary/aromatic N) is 6. The number of hydrogen-bond donors (Lipinski definition) is 1. The first-order chi connectivity index (χ1) is 10.7. The molecule has 2 aliphatic heterocycles. The number of carbonyl (C=O) groups excluding carboxylic acids is 1. The van der Waals surface area contributed by atoms with E-state index in [1.165, 1.54) is 11.5 Å². The molecule has 0 radical (unpaired) electrons. The van der Waals surface area contributed by atoms with E-state index in [0.29, 0.717) is 17.0 Å². The summed E-state index contributed by atoms with van der Waals surface area (Å²) in [6.45, 7) is 3.83.